The molecule has 1 aromatic carbocycles. The summed E-state index contributed by atoms with van der Waals surface area (Å²) in [5, 5.41) is 0.742. The van der Waals surface area contributed by atoms with Gasteiger partial charge in [0, 0.05) is 11.1 Å². The van der Waals surface area contributed by atoms with Crippen LogP contribution in [0.15, 0.2) is 24.3 Å². The fraction of sp³-hybridized carbons (Fsp3) is 0.467. The fourth-order valence-corrected chi connectivity index (χ4v) is 1.96. The molecule has 0 N–H and O–H groups in total. The van der Waals surface area contributed by atoms with Gasteiger partial charge in [0.25, 0.3) is 0 Å². The number of ether oxygens (including phenoxy) is 2. The Morgan fingerprint density at radius 2 is 1.72 bits per heavy atom. The molecular weight excluding hydrogens is 248 g/mol. The zero-order valence-corrected chi connectivity index (χ0v) is 12.1. The van der Waals surface area contributed by atoms with Crippen molar-refractivity contribution in [3.8, 4) is 11.5 Å². The highest BCUT2D eigenvalue weighted by Crippen LogP contribution is 2.34. The minimum absolute atomic E-state index is 0.605. The molecule has 0 heterocycles. The fourth-order valence-electron chi connectivity index (χ4n) is 1.71. The van der Waals surface area contributed by atoms with E-state index in [1.165, 1.54) is 0 Å². The van der Waals surface area contributed by atoms with Crippen LogP contribution in [-0.4, -0.2) is 13.2 Å². The third-order valence-electron chi connectivity index (χ3n) is 2.53. The Morgan fingerprint density at radius 3 is 2.28 bits per heavy atom. The number of benzene rings is 1. The van der Waals surface area contributed by atoms with Crippen LogP contribution < -0.4 is 9.47 Å². The summed E-state index contributed by atoms with van der Waals surface area (Å²) >= 11 is 6.26. The molecule has 0 atom stereocenters. The van der Waals surface area contributed by atoms with Crippen molar-refractivity contribution < 1.29 is 9.47 Å². The molecule has 0 radical (unpaired) electrons. The van der Waals surface area contributed by atoms with Crippen molar-refractivity contribution >= 4 is 11.6 Å². The molecule has 100 valence electrons. The third-order valence-corrected chi connectivity index (χ3v) is 2.88. The van der Waals surface area contributed by atoms with E-state index in [1.54, 1.807) is 0 Å². The zero-order valence-electron chi connectivity index (χ0n) is 11.3. The maximum absolute atomic E-state index is 6.26. The predicted molar refractivity (Wildman–Crippen MR) is 76.9 cm³/mol. The van der Waals surface area contributed by atoms with Crippen LogP contribution in [0, 0.1) is 0 Å². The van der Waals surface area contributed by atoms with E-state index < -0.39 is 0 Å². The van der Waals surface area contributed by atoms with Crippen molar-refractivity contribution in [2.75, 3.05) is 13.2 Å². The van der Waals surface area contributed by atoms with Gasteiger partial charge in [0.2, 0.25) is 0 Å². The number of halogens is 1. The first kappa shape index (κ1) is 14.9. The maximum Gasteiger partial charge on any atom is 0.162 e. The summed E-state index contributed by atoms with van der Waals surface area (Å²) < 4.78 is 11.1. The quantitative estimate of drug-likeness (QED) is 0.671. The highest BCUT2D eigenvalue weighted by Gasteiger charge is 2.10. The predicted octanol–water partition coefficient (Wildman–Crippen LogP) is 4.65. The molecule has 0 saturated heterocycles. The minimum Gasteiger partial charge on any atom is -0.490 e. The van der Waals surface area contributed by atoms with E-state index in [-0.39, 0.29) is 0 Å². The van der Waals surface area contributed by atoms with Gasteiger partial charge in [-0.1, -0.05) is 23.8 Å². The van der Waals surface area contributed by atoms with Crippen molar-refractivity contribution in [1.29, 1.82) is 0 Å². The lowest BCUT2D eigenvalue weighted by molar-refractivity contribution is 0.287. The molecule has 0 unspecified atom stereocenters. The topological polar surface area (TPSA) is 18.5 Å². The monoisotopic (exact) mass is 268 g/mol. The molecule has 3 heteroatoms. The lowest BCUT2D eigenvalue weighted by Gasteiger charge is -2.13. The Bertz CT molecular complexity index is 400. The van der Waals surface area contributed by atoms with E-state index in [0.717, 1.165) is 34.9 Å². The van der Waals surface area contributed by atoms with Crippen LogP contribution in [0.3, 0.4) is 0 Å². The average Bonchev–Trinajstić information content (AvgIpc) is 2.35. The maximum atomic E-state index is 6.26. The van der Waals surface area contributed by atoms with Crippen molar-refractivity contribution in [1.82, 2.24) is 0 Å². The minimum atomic E-state index is 0.605. The van der Waals surface area contributed by atoms with E-state index in [2.05, 4.69) is 6.08 Å². The molecule has 2 nitrogen and oxygen atoms in total. The van der Waals surface area contributed by atoms with Gasteiger partial charge in [0.1, 0.15) is 0 Å². The molecule has 1 rings (SSSR count). The van der Waals surface area contributed by atoms with Gasteiger partial charge in [0.05, 0.1) is 13.2 Å². The largest absolute Gasteiger partial charge is 0.490 e. The summed E-state index contributed by atoms with van der Waals surface area (Å²) in [7, 11) is 0. The molecule has 0 aromatic heterocycles. The molecule has 0 aliphatic rings. The van der Waals surface area contributed by atoms with Gasteiger partial charge in [0.15, 0.2) is 11.5 Å². The number of aryl methyl sites for hydroxylation is 1. The molecule has 0 aliphatic carbocycles. The molecule has 1 aromatic rings. The summed E-state index contributed by atoms with van der Waals surface area (Å²) in [4.78, 5) is 0. The first-order valence-corrected chi connectivity index (χ1v) is 6.79. The van der Waals surface area contributed by atoms with Crippen molar-refractivity contribution in [2.24, 2.45) is 0 Å². The molecule has 0 fully saturated rings. The number of rotatable bonds is 7. The second-order valence-electron chi connectivity index (χ2n) is 3.86. The first-order chi connectivity index (χ1) is 8.72. The summed E-state index contributed by atoms with van der Waals surface area (Å²) in [5.74, 6) is 1.50. The molecule has 0 amide bonds. The third kappa shape index (κ3) is 4.26. The Balaban J connectivity index is 2.94. The Morgan fingerprint density at radius 1 is 1.11 bits per heavy atom. The van der Waals surface area contributed by atoms with Crippen LogP contribution in [0.2, 0.25) is 5.02 Å². The van der Waals surface area contributed by atoms with Crippen LogP contribution in [0.5, 0.6) is 11.5 Å². The van der Waals surface area contributed by atoms with Crippen LogP contribution in [-0.2, 0) is 6.42 Å². The summed E-state index contributed by atoms with van der Waals surface area (Å²) in [6.07, 6.45) is 6.07. The highest BCUT2D eigenvalue weighted by molar-refractivity contribution is 6.31. The lowest BCUT2D eigenvalue weighted by atomic mass is 10.1. The van der Waals surface area contributed by atoms with Crippen LogP contribution >= 0.6 is 11.6 Å². The summed E-state index contributed by atoms with van der Waals surface area (Å²) in [5.41, 5.74) is 1.10. The SMILES string of the molecule is C/C=C\CCc1cc(OCC)c(OCC)cc1Cl. The lowest BCUT2D eigenvalue weighted by Crippen LogP contribution is -2.00. The van der Waals surface area contributed by atoms with Gasteiger partial charge in [-0.05, 0) is 45.2 Å². The second-order valence-corrected chi connectivity index (χ2v) is 4.27. The Hall–Kier alpha value is -1.15. The van der Waals surface area contributed by atoms with E-state index >= 15 is 0 Å². The normalized spacial score (nSPS) is 10.9. The van der Waals surface area contributed by atoms with E-state index in [4.69, 9.17) is 21.1 Å². The number of allylic oxidation sites excluding steroid dienone is 2. The molecule has 0 saturated carbocycles. The molecule has 18 heavy (non-hydrogen) atoms. The highest BCUT2D eigenvalue weighted by atomic mass is 35.5. The van der Waals surface area contributed by atoms with Crippen LogP contribution in [0.25, 0.3) is 0 Å². The van der Waals surface area contributed by atoms with E-state index in [9.17, 15) is 0 Å². The average molecular weight is 269 g/mol. The smallest absolute Gasteiger partial charge is 0.162 e. The number of hydrogen-bond donors (Lipinski definition) is 0. The van der Waals surface area contributed by atoms with Crippen molar-refractivity contribution in [2.45, 2.75) is 33.6 Å². The van der Waals surface area contributed by atoms with Gasteiger partial charge in [-0.15, -0.1) is 0 Å². The zero-order chi connectivity index (χ0) is 13.4. The van der Waals surface area contributed by atoms with Crippen LogP contribution in [0.1, 0.15) is 32.8 Å². The first-order valence-electron chi connectivity index (χ1n) is 6.42. The van der Waals surface area contributed by atoms with Gasteiger partial charge >= 0.3 is 0 Å². The van der Waals surface area contributed by atoms with Gasteiger partial charge in [-0.3, -0.25) is 0 Å². The van der Waals surface area contributed by atoms with Gasteiger partial charge in [-0.2, -0.15) is 0 Å². The summed E-state index contributed by atoms with van der Waals surface area (Å²) in [6.45, 7) is 7.16. The summed E-state index contributed by atoms with van der Waals surface area (Å²) in [6, 6.07) is 3.83. The molecular formula is C15H21ClO2. The number of hydrogen-bond acceptors (Lipinski definition) is 2. The van der Waals surface area contributed by atoms with Gasteiger partial charge in [-0.25, -0.2) is 0 Å². The second kappa shape index (κ2) is 8.04. The Labute approximate surface area is 115 Å². The van der Waals surface area contributed by atoms with Gasteiger partial charge < -0.3 is 9.47 Å². The molecule has 0 bridgehead atoms. The van der Waals surface area contributed by atoms with E-state index in [0.29, 0.717) is 13.2 Å². The van der Waals surface area contributed by atoms with E-state index in [1.807, 2.05) is 39.0 Å². The van der Waals surface area contributed by atoms with Crippen molar-refractivity contribution in [3.05, 3.63) is 34.9 Å². The molecule has 0 aliphatic heterocycles. The van der Waals surface area contributed by atoms with Crippen LogP contribution in [0.4, 0.5) is 0 Å². The molecule has 0 spiro atoms. The van der Waals surface area contributed by atoms with Crippen molar-refractivity contribution in [3.63, 3.8) is 0 Å². The Kier molecular flexibility index (Phi) is 6.66. The standard InChI is InChI=1S/C15H21ClO2/c1-4-7-8-9-12-10-14(17-5-2)15(18-6-3)11-13(12)16/h4,7,10-11H,5-6,8-9H2,1-3H3/b7-4-.